The van der Waals surface area contributed by atoms with E-state index in [-0.39, 0.29) is 5.69 Å². The number of nitrogens with zero attached hydrogens (tertiary/aromatic N) is 2. The smallest absolute Gasteiger partial charge is 0.305 e. The van der Waals surface area contributed by atoms with Crippen LogP contribution in [0.5, 0.6) is 0 Å². The van der Waals surface area contributed by atoms with Crippen LogP contribution in [0.2, 0.25) is 0 Å². The van der Waals surface area contributed by atoms with Crippen molar-refractivity contribution >= 4 is 33.1 Å². The van der Waals surface area contributed by atoms with Crippen molar-refractivity contribution in [3.8, 4) is 5.69 Å². The molecule has 5 rings (SSSR count). The summed E-state index contributed by atoms with van der Waals surface area (Å²) in [5.41, 5.74) is 9.46. The number of H-pyrrole nitrogens is 1. The first kappa shape index (κ1) is 17.7. The molecule has 0 fully saturated rings. The summed E-state index contributed by atoms with van der Waals surface area (Å²) >= 11 is 0. The molecule has 1 N–H and O–H groups in total. The molecule has 0 bridgehead atoms. The van der Waals surface area contributed by atoms with Crippen molar-refractivity contribution in [2.75, 3.05) is 6.54 Å². The van der Waals surface area contributed by atoms with E-state index in [1.54, 1.807) is 0 Å². The minimum Gasteiger partial charge on any atom is -0.305 e. The maximum absolute atomic E-state index is 13.0. The van der Waals surface area contributed by atoms with Crippen LogP contribution in [-0.2, 0) is 0 Å². The minimum absolute atomic E-state index is 0.107. The van der Waals surface area contributed by atoms with E-state index in [0.717, 1.165) is 50.9 Å². The number of aliphatic imine (C=N–C) groups is 1. The number of benzene rings is 3. The van der Waals surface area contributed by atoms with Gasteiger partial charge in [-0.05, 0) is 67.5 Å². The van der Waals surface area contributed by atoms with Crippen LogP contribution in [0.1, 0.15) is 29.2 Å². The van der Waals surface area contributed by atoms with Gasteiger partial charge in [-0.3, -0.25) is 9.56 Å². The second kappa shape index (κ2) is 6.31. The quantitative estimate of drug-likeness (QED) is 0.506. The number of aryl methyl sites for hydroxylation is 3. The maximum Gasteiger partial charge on any atom is 0.331 e. The summed E-state index contributed by atoms with van der Waals surface area (Å²) in [6.07, 6.45) is 2.18. The molecule has 3 aromatic carbocycles. The van der Waals surface area contributed by atoms with Crippen molar-refractivity contribution in [3.05, 3.63) is 81.3 Å². The molecule has 0 atom stereocenters. The summed E-state index contributed by atoms with van der Waals surface area (Å²) in [7, 11) is 0. The third kappa shape index (κ3) is 2.59. The predicted octanol–water partition coefficient (Wildman–Crippen LogP) is 5.26. The van der Waals surface area contributed by atoms with Gasteiger partial charge in [0.15, 0.2) is 0 Å². The zero-order valence-electron chi connectivity index (χ0n) is 17.1. The molecule has 29 heavy (non-hydrogen) atoms. The van der Waals surface area contributed by atoms with Gasteiger partial charge < -0.3 is 4.98 Å². The monoisotopic (exact) mass is 381 g/mol. The highest BCUT2D eigenvalue weighted by Crippen LogP contribution is 2.33. The van der Waals surface area contributed by atoms with Crippen LogP contribution in [0, 0.1) is 20.8 Å². The van der Waals surface area contributed by atoms with Crippen LogP contribution in [-0.4, -0.2) is 21.8 Å². The van der Waals surface area contributed by atoms with E-state index in [2.05, 4.69) is 74.1 Å². The number of hydrogen-bond donors (Lipinski definition) is 1. The summed E-state index contributed by atoms with van der Waals surface area (Å²) in [5, 5.41) is 2.20. The third-order valence-electron chi connectivity index (χ3n) is 5.97. The van der Waals surface area contributed by atoms with Gasteiger partial charge in [0.1, 0.15) is 0 Å². The van der Waals surface area contributed by atoms with Crippen LogP contribution >= 0.6 is 0 Å². The molecule has 4 heteroatoms. The van der Waals surface area contributed by atoms with E-state index in [0.29, 0.717) is 0 Å². The zero-order chi connectivity index (χ0) is 20.3. The molecule has 0 spiro atoms. The average molecular weight is 381 g/mol. The number of para-hydroxylation sites is 1. The standard InChI is InChI=1S/C25H23N3O/c1-14-6-5-7-15(2)23(14)28-24-21-13-20(19-10-11-26-17(19)4)16(3)12-18(21)8-9-22(24)27-25(28)29/h5-10,12-13H,11H2,1-4H3,(H,27,29). The predicted molar refractivity (Wildman–Crippen MR) is 122 cm³/mol. The second-order valence-corrected chi connectivity index (χ2v) is 7.90. The molecule has 0 saturated carbocycles. The Morgan fingerprint density at radius 2 is 1.72 bits per heavy atom. The normalized spacial score (nSPS) is 13.9. The van der Waals surface area contributed by atoms with Gasteiger partial charge in [0, 0.05) is 16.7 Å². The van der Waals surface area contributed by atoms with E-state index in [4.69, 9.17) is 0 Å². The first-order valence-electron chi connectivity index (χ1n) is 9.92. The number of rotatable bonds is 2. The molecule has 144 valence electrons. The lowest BCUT2D eigenvalue weighted by molar-refractivity contribution is 0.993. The summed E-state index contributed by atoms with van der Waals surface area (Å²) in [6.45, 7) is 9.04. The number of aromatic amines is 1. The maximum atomic E-state index is 13.0. The van der Waals surface area contributed by atoms with Gasteiger partial charge >= 0.3 is 5.69 Å². The summed E-state index contributed by atoms with van der Waals surface area (Å²) < 4.78 is 1.84. The molecule has 1 aliphatic heterocycles. The van der Waals surface area contributed by atoms with Gasteiger partial charge in [-0.1, -0.05) is 36.4 Å². The van der Waals surface area contributed by atoms with Crippen LogP contribution in [0.3, 0.4) is 0 Å². The summed E-state index contributed by atoms with van der Waals surface area (Å²) in [4.78, 5) is 20.6. The number of imidazole rings is 1. The molecule has 2 heterocycles. The summed E-state index contributed by atoms with van der Waals surface area (Å²) in [5.74, 6) is 0. The van der Waals surface area contributed by atoms with Crippen LogP contribution < -0.4 is 5.69 Å². The van der Waals surface area contributed by atoms with E-state index >= 15 is 0 Å². The lowest BCUT2D eigenvalue weighted by Gasteiger charge is -2.14. The number of hydrogen-bond acceptors (Lipinski definition) is 2. The minimum atomic E-state index is -0.107. The van der Waals surface area contributed by atoms with Gasteiger partial charge in [0.2, 0.25) is 0 Å². The van der Waals surface area contributed by atoms with E-state index in [1.165, 1.54) is 16.7 Å². The highest BCUT2D eigenvalue weighted by atomic mass is 16.1. The van der Waals surface area contributed by atoms with Crippen LogP contribution in [0.15, 0.2) is 58.3 Å². The zero-order valence-corrected chi connectivity index (χ0v) is 17.1. The molecule has 0 unspecified atom stereocenters. The SMILES string of the molecule is CC1=NCC=C1c1cc2c(ccc3[nH]c(=O)n(-c4c(C)cccc4C)c32)cc1C. The molecule has 4 aromatic rings. The highest BCUT2D eigenvalue weighted by Gasteiger charge is 2.18. The third-order valence-corrected chi connectivity index (χ3v) is 5.97. The lowest BCUT2D eigenvalue weighted by atomic mass is 9.94. The van der Waals surface area contributed by atoms with Crippen LogP contribution in [0.4, 0.5) is 0 Å². The summed E-state index contributed by atoms with van der Waals surface area (Å²) in [6, 6.07) is 14.7. The Hall–Kier alpha value is -3.40. The topological polar surface area (TPSA) is 50.1 Å². The Bertz CT molecular complexity index is 1410. The fraction of sp³-hybridized carbons (Fsp3) is 0.200. The number of fused-ring (bicyclic) bond motifs is 3. The van der Waals surface area contributed by atoms with Crippen molar-refractivity contribution in [3.63, 3.8) is 0 Å². The van der Waals surface area contributed by atoms with Crippen LogP contribution in [0.25, 0.3) is 33.1 Å². The van der Waals surface area contributed by atoms with Crippen molar-refractivity contribution in [2.45, 2.75) is 27.7 Å². The molecular formula is C25H23N3O. The fourth-order valence-corrected chi connectivity index (χ4v) is 4.56. The molecule has 0 amide bonds. The van der Waals surface area contributed by atoms with Crippen molar-refractivity contribution < 1.29 is 0 Å². The van der Waals surface area contributed by atoms with Crippen molar-refractivity contribution in [1.82, 2.24) is 9.55 Å². The highest BCUT2D eigenvalue weighted by molar-refractivity contribution is 6.25. The van der Waals surface area contributed by atoms with Crippen molar-refractivity contribution in [1.29, 1.82) is 0 Å². The van der Waals surface area contributed by atoms with E-state index < -0.39 is 0 Å². The fourth-order valence-electron chi connectivity index (χ4n) is 4.56. The first-order chi connectivity index (χ1) is 14.0. The molecular weight excluding hydrogens is 358 g/mol. The van der Waals surface area contributed by atoms with E-state index in [9.17, 15) is 4.79 Å². The Labute approximate surface area is 169 Å². The number of aromatic nitrogens is 2. The molecule has 0 saturated heterocycles. The second-order valence-electron chi connectivity index (χ2n) is 7.90. The Morgan fingerprint density at radius 3 is 2.41 bits per heavy atom. The largest absolute Gasteiger partial charge is 0.331 e. The molecule has 0 radical (unpaired) electrons. The Kier molecular flexibility index (Phi) is 3.85. The molecule has 1 aliphatic rings. The number of allylic oxidation sites excluding steroid dienone is 1. The van der Waals surface area contributed by atoms with Gasteiger partial charge in [0.25, 0.3) is 0 Å². The molecule has 4 nitrogen and oxygen atoms in total. The first-order valence-corrected chi connectivity index (χ1v) is 9.92. The average Bonchev–Trinajstić information content (AvgIpc) is 3.24. The van der Waals surface area contributed by atoms with Gasteiger partial charge in [-0.2, -0.15) is 0 Å². The Morgan fingerprint density at radius 1 is 0.966 bits per heavy atom. The Balaban J connectivity index is 1.92. The van der Waals surface area contributed by atoms with E-state index in [1.807, 2.05) is 16.7 Å². The number of nitrogens with one attached hydrogen (secondary N) is 1. The van der Waals surface area contributed by atoms with Gasteiger partial charge in [-0.15, -0.1) is 0 Å². The molecule has 0 aliphatic carbocycles. The van der Waals surface area contributed by atoms with Gasteiger partial charge in [0.05, 0.1) is 23.3 Å². The lowest BCUT2D eigenvalue weighted by Crippen LogP contribution is -2.16. The van der Waals surface area contributed by atoms with Crippen molar-refractivity contribution in [2.24, 2.45) is 4.99 Å². The molecule has 1 aromatic heterocycles. The van der Waals surface area contributed by atoms with Gasteiger partial charge in [-0.25, -0.2) is 4.79 Å².